The van der Waals surface area contributed by atoms with Crippen molar-refractivity contribution in [1.29, 1.82) is 0 Å². The highest BCUT2D eigenvalue weighted by atomic mass is 16.5. The monoisotopic (exact) mass is 349 g/mol. The molecule has 0 aliphatic heterocycles. The van der Waals surface area contributed by atoms with E-state index in [0.717, 1.165) is 35.4 Å². The second-order valence-electron chi connectivity index (χ2n) is 6.71. The number of hydrogen-bond acceptors (Lipinski definition) is 5. The third-order valence-corrected chi connectivity index (χ3v) is 4.81. The highest BCUT2D eigenvalue weighted by Crippen LogP contribution is 2.41. The average Bonchev–Trinajstić information content (AvgIpc) is 3.52. The van der Waals surface area contributed by atoms with E-state index in [-0.39, 0.29) is 6.04 Å². The van der Waals surface area contributed by atoms with Gasteiger partial charge in [-0.05, 0) is 31.4 Å². The van der Waals surface area contributed by atoms with Crippen LogP contribution in [0.5, 0.6) is 11.5 Å². The Hall–Kier alpha value is -2.82. The Labute approximate surface area is 153 Å². The lowest BCUT2D eigenvalue weighted by molar-refractivity contribution is 0.356. The molecule has 1 heterocycles. The van der Waals surface area contributed by atoms with Crippen molar-refractivity contribution in [2.45, 2.75) is 31.7 Å². The summed E-state index contributed by atoms with van der Waals surface area (Å²) in [6.45, 7) is 2.14. The van der Waals surface area contributed by atoms with E-state index in [4.69, 9.17) is 19.4 Å². The van der Waals surface area contributed by atoms with E-state index in [2.05, 4.69) is 36.5 Å². The molecule has 1 N–H and O–H groups in total. The van der Waals surface area contributed by atoms with Crippen molar-refractivity contribution in [3.63, 3.8) is 0 Å². The summed E-state index contributed by atoms with van der Waals surface area (Å²) in [5.41, 5.74) is 2.09. The van der Waals surface area contributed by atoms with Crippen LogP contribution in [0, 0.1) is 0 Å². The molecular formula is C21H23N3O2. The minimum atomic E-state index is 0.134. The summed E-state index contributed by atoms with van der Waals surface area (Å²) in [6, 6.07) is 14.4. The maximum atomic E-state index is 5.47. The summed E-state index contributed by atoms with van der Waals surface area (Å²) in [4.78, 5) is 9.62. The van der Waals surface area contributed by atoms with Gasteiger partial charge in [0.1, 0.15) is 11.6 Å². The van der Waals surface area contributed by atoms with Crippen molar-refractivity contribution >= 4 is 16.7 Å². The maximum Gasteiger partial charge on any atom is 0.162 e. The van der Waals surface area contributed by atoms with Crippen LogP contribution in [-0.4, -0.2) is 24.2 Å². The Morgan fingerprint density at radius 2 is 1.69 bits per heavy atom. The molecule has 26 heavy (non-hydrogen) atoms. The molecule has 1 aromatic heterocycles. The lowest BCUT2D eigenvalue weighted by atomic mass is 10.1. The number of anilines is 1. The fraction of sp³-hybridized carbons (Fsp3) is 0.333. The van der Waals surface area contributed by atoms with Gasteiger partial charge in [0.05, 0.1) is 19.7 Å². The summed E-state index contributed by atoms with van der Waals surface area (Å²) < 4.78 is 10.9. The van der Waals surface area contributed by atoms with Crippen molar-refractivity contribution < 1.29 is 9.47 Å². The van der Waals surface area contributed by atoms with Gasteiger partial charge in [-0.1, -0.05) is 30.3 Å². The highest BCUT2D eigenvalue weighted by Gasteiger charge is 2.28. The Kier molecular flexibility index (Phi) is 4.37. The van der Waals surface area contributed by atoms with Crippen molar-refractivity contribution in [3.05, 3.63) is 53.9 Å². The first-order valence-electron chi connectivity index (χ1n) is 8.94. The Morgan fingerprint density at radius 1 is 1.00 bits per heavy atom. The molecule has 5 heteroatoms. The minimum Gasteiger partial charge on any atom is -0.493 e. The fourth-order valence-electron chi connectivity index (χ4n) is 3.14. The molecule has 0 spiro atoms. The van der Waals surface area contributed by atoms with Crippen molar-refractivity contribution in [2.75, 3.05) is 19.5 Å². The van der Waals surface area contributed by atoms with Crippen LogP contribution in [0.1, 0.15) is 43.1 Å². The van der Waals surface area contributed by atoms with Gasteiger partial charge in [-0.3, -0.25) is 0 Å². The zero-order valence-electron chi connectivity index (χ0n) is 15.3. The zero-order chi connectivity index (χ0) is 18.1. The largest absolute Gasteiger partial charge is 0.493 e. The number of hydrogen-bond donors (Lipinski definition) is 1. The number of fused-ring (bicyclic) bond motifs is 1. The number of ether oxygens (including phenoxy) is 2. The molecular weight excluding hydrogens is 326 g/mol. The Balaban J connectivity index is 1.80. The standard InChI is InChI=1S/C21H23N3O2/c1-13(14-7-5-4-6-8-14)22-21-16-11-18(25-2)19(26-3)12-17(16)23-20(24-21)15-9-10-15/h4-8,11-13,15H,9-10H2,1-3H3,(H,22,23,24). The van der Waals surface area contributed by atoms with Crippen molar-refractivity contribution in [2.24, 2.45) is 0 Å². The summed E-state index contributed by atoms with van der Waals surface area (Å²) in [7, 11) is 3.28. The van der Waals surface area contributed by atoms with E-state index >= 15 is 0 Å². The van der Waals surface area contributed by atoms with Gasteiger partial charge in [-0.25, -0.2) is 9.97 Å². The summed E-state index contributed by atoms with van der Waals surface area (Å²) in [5, 5.41) is 4.51. The molecule has 2 aromatic carbocycles. The van der Waals surface area contributed by atoms with Crippen LogP contribution in [0.4, 0.5) is 5.82 Å². The van der Waals surface area contributed by atoms with Crippen LogP contribution in [0.25, 0.3) is 10.9 Å². The molecule has 3 aromatic rings. The van der Waals surface area contributed by atoms with E-state index in [9.17, 15) is 0 Å². The van der Waals surface area contributed by atoms with Crippen LogP contribution in [0.15, 0.2) is 42.5 Å². The van der Waals surface area contributed by atoms with Crippen LogP contribution < -0.4 is 14.8 Å². The zero-order valence-corrected chi connectivity index (χ0v) is 15.3. The maximum absolute atomic E-state index is 5.47. The van der Waals surface area contributed by atoms with Gasteiger partial charge in [0.2, 0.25) is 0 Å². The quantitative estimate of drug-likeness (QED) is 0.699. The first-order valence-corrected chi connectivity index (χ1v) is 8.94. The smallest absolute Gasteiger partial charge is 0.162 e. The van der Waals surface area contributed by atoms with Gasteiger partial charge in [0, 0.05) is 23.4 Å². The first kappa shape index (κ1) is 16.6. The van der Waals surface area contributed by atoms with Gasteiger partial charge in [-0.15, -0.1) is 0 Å². The fourth-order valence-corrected chi connectivity index (χ4v) is 3.14. The third kappa shape index (κ3) is 3.17. The van der Waals surface area contributed by atoms with Gasteiger partial charge < -0.3 is 14.8 Å². The molecule has 5 nitrogen and oxygen atoms in total. The third-order valence-electron chi connectivity index (χ3n) is 4.81. The second kappa shape index (κ2) is 6.83. The lowest BCUT2D eigenvalue weighted by Gasteiger charge is -2.18. The number of benzene rings is 2. The predicted molar refractivity (Wildman–Crippen MR) is 103 cm³/mol. The molecule has 1 fully saturated rings. The molecule has 4 rings (SSSR count). The SMILES string of the molecule is COc1cc2nc(C3CC3)nc(NC(C)c3ccccc3)c2cc1OC. The van der Waals surface area contributed by atoms with E-state index in [1.54, 1.807) is 14.2 Å². The highest BCUT2D eigenvalue weighted by molar-refractivity contribution is 5.92. The molecule has 1 saturated carbocycles. The van der Waals surface area contributed by atoms with Crippen molar-refractivity contribution in [1.82, 2.24) is 9.97 Å². The molecule has 0 radical (unpaired) electrons. The lowest BCUT2D eigenvalue weighted by Crippen LogP contribution is -2.10. The molecule has 1 atom stereocenters. The predicted octanol–water partition coefficient (Wildman–Crippen LogP) is 4.70. The van der Waals surface area contributed by atoms with E-state index in [0.29, 0.717) is 17.4 Å². The molecule has 1 aliphatic carbocycles. The van der Waals surface area contributed by atoms with Crippen LogP contribution in [0.3, 0.4) is 0 Å². The van der Waals surface area contributed by atoms with Crippen LogP contribution >= 0.6 is 0 Å². The molecule has 1 unspecified atom stereocenters. The number of nitrogens with zero attached hydrogens (tertiary/aromatic N) is 2. The number of rotatable bonds is 6. The first-order chi connectivity index (χ1) is 12.7. The van der Waals surface area contributed by atoms with Gasteiger partial charge in [0.15, 0.2) is 11.5 Å². The van der Waals surface area contributed by atoms with Gasteiger partial charge >= 0.3 is 0 Å². The second-order valence-corrected chi connectivity index (χ2v) is 6.71. The van der Waals surface area contributed by atoms with Crippen LogP contribution in [-0.2, 0) is 0 Å². The van der Waals surface area contributed by atoms with Crippen LogP contribution in [0.2, 0.25) is 0 Å². The number of methoxy groups -OCH3 is 2. The molecule has 0 saturated heterocycles. The van der Waals surface area contributed by atoms with E-state index < -0.39 is 0 Å². The topological polar surface area (TPSA) is 56.3 Å². The van der Waals surface area contributed by atoms with E-state index in [1.165, 1.54) is 5.56 Å². The Bertz CT molecular complexity index is 923. The molecule has 1 aliphatic rings. The minimum absolute atomic E-state index is 0.134. The van der Waals surface area contributed by atoms with Gasteiger partial charge in [0.25, 0.3) is 0 Å². The molecule has 0 bridgehead atoms. The van der Waals surface area contributed by atoms with Gasteiger partial charge in [-0.2, -0.15) is 0 Å². The molecule has 0 amide bonds. The van der Waals surface area contributed by atoms with Crippen molar-refractivity contribution in [3.8, 4) is 11.5 Å². The average molecular weight is 349 g/mol. The summed E-state index contributed by atoms with van der Waals surface area (Å²) in [5.74, 6) is 3.59. The Morgan fingerprint density at radius 3 is 2.35 bits per heavy atom. The van der Waals surface area contributed by atoms with E-state index in [1.807, 2.05) is 18.2 Å². The number of nitrogens with one attached hydrogen (secondary N) is 1. The summed E-state index contributed by atoms with van der Waals surface area (Å²) >= 11 is 0. The summed E-state index contributed by atoms with van der Waals surface area (Å²) in [6.07, 6.45) is 2.32. The number of aromatic nitrogens is 2. The molecule has 134 valence electrons. The normalized spacial score (nSPS) is 14.9.